The fourth-order valence-corrected chi connectivity index (χ4v) is 2.00. The number of halogens is 2. The summed E-state index contributed by atoms with van der Waals surface area (Å²) < 4.78 is 13.6. The van der Waals surface area contributed by atoms with E-state index in [-0.39, 0.29) is 10.6 Å². The molecule has 1 rings (SSSR count). The Kier molecular flexibility index (Phi) is 5.72. The highest BCUT2D eigenvalue weighted by molar-refractivity contribution is 6.41. The van der Waals surface area contributed by atoms with Crippen LogP contribution in [-0.4, -0.2) is 32.5 Å². The first-order valence-electron chi connectivity index (χ1n) is 5.89. The number of benzene rings is 1. The van der Waals surface area contributed by atoms with Gasteiger partial charge in [0.15, 0.2) is 5.92 Å². The second-order valence-corrected chi connectivity index (χ2v) is 4.73. The molecule has 0 aliphatic heterocycles. The summed E-state index contributed by atoms with van der Waals surface area (Å²) in [6.45, 7) is 1.15. The van der Waals surface area contributed by atoms with Crippen LogP contribution in [0.1, 0.15) is 25.0 Å². The number of hydrogen-bond acceptors (Lipinski definition) is 3. The molecule has 2 N–H and O–H groups in total. The highest BCUT2D eigenvalue weighted by Gasteiger charge is 2.34. The Morgan fingerprint density at radius 3 is 2.57 bits per heavy atom. The van der Waals surface area contributed by atoms with E-state index >= 15 is 0 Å². The molecule has 0 amide bonds. The van der Waals surface area contributed by atoms with Gasteiger partial charge in [-0.3, -0.25) is 9.59 Å². The van der Waals surface area contributed by atoms with Crippen LogP contribution < -0.4 is 0 Å². The van der Waals surface area contributed by atoms with Crippen LogP contribution in [0.2, 0.25) is 5.02 Å². The molecule has 1 aromatic rings. The molecular formula is C13H12ClFN2O4. The first kappa shape index (κ1) is 17.0. The van der Waals surface area contributed by atoms with E-state index in [1.807, 2.05) is 0 Å². The molecule has 112 valence electrons. The second-order valence-electron chi connectivity index (χ2n) is 4.32. The Morgan fingerprint density at radius 2 is 2.10 bits per heavy atom. The summed E-state index contributed by atoms with van der Waals surface area (Å²) in [5, 5.41) is 18.6. The monoisotopic (exact) mass is 314 g/mol. The summed E-state index contributed by atoms with van der Waals surface area (Å²) >= 11 is 5.75. The van der Waals surface area contributed by atoms with E-state index in [0.717, 1.165) is 13.0 Å². The van der Waals surface area contributed by atoms with Crippen molar-refractivity contribution >= 4 is 29.1 Å². The van der Waals surface area contributed by atoms with E-state index < -0.39 is 41.7 Å². The molecule has 0 bridgehead atoms. The molecule has 0 fully saturated rings. The molecule has 0 spiro atoms. The molecule has 0 aliphatic rings. The van der Waals surface area contributed by atoms with Crippen molar-refractivity contribution < 1.29 is 29.0 Å². The van der Waals surface area contributed by atoms with Crippen LogP contribution in [-0.2, 0) is 9.59 Å². The van der Waals surface area contributed by atoms with E-state index in [1.54, 1.807) is 0 Å². The lowest BCUT2D eigenvalue weighted by molar-refractivity contribution is -0.141. The van der Waals surface area contributed by atoms with Crippen LogP contribution in [0.3, 0.4) is 0 Å². The highest BCUT2D eigenvalue weighted by atomic mass is 35.5. The number of nitrogens with zero attached hydrogens (tertiary/aromatic N) is 2. The van der Waals surface area contributed by atoms with Crippen molar-refractivity contribution in [2.24, 2.45) is 5.92 Å². The number of rotatable bonds is 6. The van der Waals surface area contributed by atoms with Gasteiger partial charge in [-0.2, -0.15) is 4.79 Å². The van der Waals surface area contributed by atoms with Crippen LogP contribution in [0.5, 0.6) is 0 Å². The zero-order valence-electron chi connectivity index (χ0n) is 11.0. The Labute approximate surface area is 124 Å². The number of aliphatic hydroxyl groups excluding tert-OH is 1. The standard InChI is InChI=1S/C13H12ClFN2O4/c1-6(13(20)21)12(17-16)10(19)5-9(18)11-7(14)3-2-4-8(11)15/h2-4,6,9,18H,5H2,1H3,(H,20,21). The molecule has 0 saturated heterocycles. The largest absolute Gasteiger partial charge is 0.481 e. The van der Waals surface area contributed by atoms with Gasteiger partial charge in [-0.25, -0.2) is 4.39 Å². The second kappa shape index (κ2) is 7.08. The maximum absolute atomic E-state index is 13.6. The van der Waals surface area contributed by atoms with Gasteiger partial charge in [0.05, 0.1) is 6.10 Å². The number of carboxylic acids is 1. The predicted molar refractivity (Wildman–Crippen MR) is 71.4 cm³/mol. The van der Waals surface area contributed by atoms with E-state index in [1.165, 1.54) is 12.1 Å². The van der Waals surface area contributed by atoms with Gasteiger partial charge < -0.3 is 15.7 Å². The molecule has 1 aromatic carbocycles. The van der Waals surface area contributed by atoms with Crippen molar-refractivity contribution in [3.8, 4) is 0 Å². The molecular weight excluding hydrogens is 303 g/mol. The van der Waals surface area contributed by atoms with Gasteiger partial charge in [-0.05, 0) is 19.1 Å². The van der Waals surface area contributed by atoms with Gasteiger partial charge in [0.25, 0.3) is 0 Å². The van der Waals surface area contributed by atoms with E-state index in [9.17, 15) is 19.1 Å². The summed E-state index contributed by atoms with van der Waals surface area (Å²) in [4.78, 5) is 25.3. The summed E-state index contributed by atoms with van der Waals surface area (Å²) in [6.07, 6.45) is -2.23. The summed E-state index contributed by atoms with van der Waals surface area (Å²) in [5.41, 5.74) is 7.83. The van der Waals surface area contributed by atoms with Crippen LogP contribution in [0.4, 0.5) is 4.39 Å². The predicted octanol–water partition coefficient (Wildman–Crippen LogP) is 1.86. The Balaban J connectivity index is 2.98. The minimum Gasteiger partial charge on any atom is -0.481 e. The fraction of sp³-hybridized carbons (Fsp3) is 0.308. The molecule has 2 unspecified atom stereocenters. The molecule has 0 heterocycles. The topological polar surface area (TPSA) is 111 Å². The first-order chi connectivity index (χ1) is 9.79. The zero-order valence-corrected chi connectivity index (χ0v) is 11.7. The molecule has 2 atom stereocenters. The maximum Gasteiger partial charge on any atom is 0.348 e. The average molecular weight is 315 g/mol. The lowest BCUT2D eigenvalue weighted by atomic mass is 9.96. The number of carbonyl (C=O) groups is 2. The number of hydrogen-bond donors (Lipinski definition) is 2. The highest BCUT2D eigenvalue weighted by Crippen LogP contribution is 2.28. The van der Waals surface area contributed by atoms with Gasteiger partial charge in [-0.15, -0.1) is 0 Å². The van der Waals surface area contributed by atoms with E-state index in [4.69, 9.17) is 22.2 Å². The third-order valence-electron chi connectivity index (χ3n) is 2.89. The van der Waals surface area contributed by atoms with E-state index in [0.29, 0.717) is 0 Å². The summed E-state index contributed by atoms with van der Waals surface area (Å²) in [5.74, 6) is -4.43. The number of carboxylic acid groups (broad SMARTS) is 1. The van der Waals surface area contributed by atoms with Gasteiger partial charge in [0.1, 0.15) is 5.82 Å². The van der Waals surface area contributed by atoms with Crippen molar-refractivity contribution in [3.63, 3.8) is 0 Å². The van der Waals surface area contributed by atoms with Crippen molar-refractivity contribution in [1.82, 2.24) is 0 Å². The smallest absolute Gasteiger partial charge is 0.348 e. The molecule has 21 heavy (non-hydrogen) atoms. The van der Waals surface area contributed by atoms with Crippen molar-refractivity contribution in [2.75, 3.05) is 0 Å². The first-order valence-corrected chi connectivity index (χ1v) is 6.27. The lowest BCUT2D eigenvalue weighted by Crippen LogP contribution is -2.30. The number of Topliss-reactive ketones (excluding diaryl/α,β-unsaturated/α-hetero) is 1. The molecule has 8 heteroatoms. The quantitative estimate of drug-likeness (QED) is 0.474. The lowest BCUT2D eigenvalue weighted by Gasteiger charge is -2.12. The van der Waals surface area contributed by atoms with Crippen LogP contribution in [0.25, 0.3) is 5.53 Å². The Morgan fingerprint density at radius 1 is 1.48 bits per heavy atom. The van der Waals surface area contributed by atoms with Crippen LogP contribution in [0, 0.1) is 11.7 Å². The average Bonchev–Trinajstić information content (AvgIpc) is 2.38. The normalized spacial score (nSPS) is 13.1. The minimum atomic E-state index is -1.58. The van der Waals surface area contributed by atoms with Gasteiger partial charge in [-0.1, -0.05) is 17.7 Å². The van der Waals surface area contributed by atoms with E-state index in [2.05, 4.69) is 4.79 Å². The van der Waals surface area contributed by atoms with Crippen molar-refractivity contribution in [3.05, 3.63) is 40.1 Å². The van der Waals surface area contributed by atoms with Crippen molar-refractivity contribution in [2.45, 2.75) is 19.4 Å². The minimum absolute atomic E-state index is 0.0657. The molecule has 0 radical (unpaired) electrons. The van der Waals surface area contributed by atoms with Crippen molar-refractivity contribution in [1.29, 1.82) is 0 Å². The SMILES string of the molecule is CC(C(=O)O)C(=[N+]=[N-])C(=O)CC(O)c1c(F)cccc1Cl. The van der Waals surface area contributed by atoms with Gasteiger partial charge in [0.2, 0.25) is 5.78 Å². The number of aliphatic carboxylic acids is 1. The fourth-order valence-electron chi connectivity index (χ4n) is 1.71. The molecule has 0 aromatic heterocycles. The third kappa shape index (κ3) is 3.95. The Hall–Kier alpha value is -2.08. The number of aliphatic hydroxyl groups is 1. The summed E-state index contributed by atoms with van der Waals surface area (Å²) in [7, 11) is 0. The maximum atomic E-state index is 13.6. The Bertz CT molecular complexity index is 608. The zero-order chi connectivity index (χ0) is 16.2. The number of ketones is 1. The summed E-state index contributed by atoms with van der Waals surface area (Å²) in [6, 6.07) is 3.74. The molecule has 6 nitrogen and oxygen atoms in total. The van der Waals surface area contributed by atoms with Crippen LogP contribution >= 0.6 is 11.6 Å². The van der Waals surface area contributed by atoms with Crippen LogP contribution in [0.15, 0.2) is 18.2 Å². The molecule has 0 aliphatic carbocycles. The van der Waals surface area contributed by atoms with Gasteiger partial charge in [0, 0.05) is 17.0 Å². The number of carbonyl (C=O) groups excluding carboxylic acids is 1. The van der Waals surface area contributed by atoms with Gasteiger partial charge >= 0.3 is 11.7 Å². The third-order valence-corrected chi connectivity index (χ3v) is 3.22. The molecule has 0 saturated carbocycles.